The average molecular weight is 317 g/mol. The molecule has 23 heavy (non-hydrogen) atoms. The second-order valence-corrected chi connectivity index (χ2v) is 5.77. The van der Waals surface area contributed by atoms with E-state index >= 15 is 0 Å². The van der Waals surface area contributed by atoms with Crippen LogP contribution in [0.1, 0.15) is 22.8 Å². The van der Waals surface area contributed by atoms with Gasteiger partial charge in [0.15, 0.2) is 0 Å². The standard InChI is InChI=1S/C16H19N3O4/c1-11-9-18(6-7-23-11)15(21)13-4-2-12(3-5-13)10-19-14(20)8-17-16(19)22/h2-5,11H,6-10H2,1H3,(H,17,22). The summed E-state index contributed by atoms with van der Waals surface area (Å²) >= 11 is 0. The molecule has 1 unspecified atom stereocenters. The van der Waals surface area contributed by atoms with Gasteiger partial charge in [0.2, 0.25) is 5.91 Å². The molecular weight excluding hydrogens is 298 g/mol. The first-order chi connectivity index (χ1) is 11.0. The van der Waals surface area contributed by atoms with Crippen molar-refractivity contribution in [3.05, 3.63) is 35.4 Å². The van der Waals surface area contributed by atoms with Crippen LogP contribution in [0, 0.1) is 0 Å². The number of morpholine rings is 1. The summed E-state index contributed by atoms with van der Waals surface area (Å²) in [5.74, 6) is -0.265. The lowest BCUT2D eigenvalue weighted by Gasteiger charge is -2.31. The first-order valence-electron chi connectivity index (χ1n) is 7.62. The quantitative estimate of drug-likeness (QED) is 0.828. The number of carbonyl (C=O) groups is 3. The molecule has 0 aliphatic carbocycles. The van der Waals surface area contributed by atoms with Crippen molar-refractivity contribution in [3.8, 4) is 0 Å². The Labute approximate surface area is 134 Å². The lowest BCUT2D eigenvalue weighted by Crippen LogP contribution is -2.44. The van der Waals surface area contributed by atoms with E-state index in [0.29, 0.717) is 25.3 Å². The van der Waals surface area contributed by atoms with Crippen molar-refractivity contribution in [1.82, 2.24) is 15.1 Å². The number of nitrogens with one attached hydrogen (secondary N) is 1. The summed E-state index contributed by atoms with van der Waals surface area (Å²) in [7, 11) is 0. The molecular formula is C16H19N3O4. The number of ether oxygens (including phenoxy) is 1. The molecule has 7 nitrogen and oxygen atoms in total. The maximum Gasteiger partial charge on any atom is 0.324 e. The van der Waals surface area contributed by atoms with E-state index in [-0.39, 0.29) is 37.0 Å². The Morgan fingerprint density at radius 1 is 1.30 bits per heavy atom. The fourth-order valence-corrected chi connectivity index (χ4v) is 2.74. The molecule has 7 heteroatoms. The van der Waals surface area contributed by atoms with E-state index in [4.69, 9.17) is 4.74 Å². The van der Waals surface area contributed by atoms with Crippen LogP contribution in [-0.4, -0.2) is 60.0 Å². The van der Waals surface area contributed by atoms with Gasteiger partial charge >= 0.3 is 6.03 Å². The highest BCUT2D eigenvalue weighted by Crippen LogP contribution is 2.14. The Bertz CT molecular complexity index is 613. The van der Waals surface area contributed by atoms with Gasteiger partial charge in [-0.25, -0.2) is 4.79 Å². The largest absolute Gasteiger partial charge is 0.375 e. The number of amides is 4. The van der Waals surface area contributed by atoms with Crippen LogP contribution in [0.15, 0.2) is 24.3 Å². The molecule has 1 aromatic rings. The molecule has 2 heterocycles. The molecule has 2 saturated heterocycles. The minimum absolute atomic E-state index is 0.0262. The Morgan fingerprint density at radius 3 is 2.65 bits per heavy atom. The minimum Gasteiger partial charge on any atom is -0.375 e. The van der Waals surface area contributed by atoms with Crippen molar-refractivity contribution < 1.29 is 19.1 Å². The summed E-state index contributed by atoms with van der Waals surface area (Å²) in [6, 6.07) is 6.64. The topological polar surface area (TPSA) is 79.0 Å². The van der Waals surface area contributed by atoms with E-state index in [1.54, 1.807) is 29.2 Å². The Balaban J connectivity index is 1.66. The molecule has 0 aromatic heterocycles. The second-order valence-electron chi connectivity index (χ2n) is 5.77. The third-order valence-electron chi connectivity index (χ3n) is 4.01. The monoisotopic (exact) mass is 317 g/mol. The molecule has 122 valence electrons. The second kappa shape index (κ2) is 6.37. The van der Waals surface area contributed by atoms with Gasteiger partial charge in [0.1, 0.15) is 0 Å². The molecule has 0 saturated carbocycles. The van der Waals surface area contributed by atoms with E-state index in [2.05, 4.69) is 5.32 Å². The van der Waals surface area contributed by atoms with Crippen molar-refractivity contribution >= 4 is 17.8 Å². The van der Waals surface area contributed by atoms with Crippen LogP contribution in [0.5, 0.6) is 0 Å². The summed E-state index contributed by atoms with van der Waals surface area (Å²) in [5.41, 5.74) is 1.40. The van der Waals surface area contributed by atoms with E-state index in [1.807, 2.05) is 6.92 Å². The third-order valence-corrected chi connectivity index (χ3v) is 4.01. The molecule has 0 radical (unpaired) electrons. The zero-order chi connectivity index (χ0) is 16.4. The van der Waals surface area contributed by atoms with E-state index in [1.165, 1.54) is 4.90 Å². The van der Waals surface area contributed by atoms with E-state index in [0.717, 1.165) is 5.56 Å². The van der Waals surface area contributed by atoms with Crippen LogP contribution in [0.25, 0.3) is 0 Å². The maximum atomic E-state index is 12.4. The smallest absolute Gasteiger partial charge is 0.324 e. The van der Waals surface area contributed by atoms with Crippen LogP contribution in [0.3, 0.4) is 0 Å². The van der Waals surface area contributed by atoms with Crippen molar-refractivity contribution in [3.63, 3.8) is 0 Å². The molecule has 1 aromatic carbocycles. The number of hydrogen-bond acceptors (Lipinski definition) is 4. The summed E-state index contributed by atoms with van der Waals surface area (Å²) in [4.78, 5) is 38.5. The van der Waals surface area contributed by atoms with Crippen LogP contribution >= 0.6 is 0 Å². The van der Waals surface area contributed by atoms with Crippen molar-refractivity contribution in [2.45, 2.75) is 19.6 Å². The molecule has 4 amide bonds. The molecule has 1 N–H and O–H groups in total. The van der Waals surface area contributed by atoms with Gasteiger partial charge in [-0.3, -0.25) is 14.5 Å². The highest BCUT2D eigenvalue weighted by atomic mass is 16.5. The predicted molar refractivity (Wildman–Crippen MR) is 81.7 cm³/mol. The zero-order valence-corrected chi connectivity index (χ0v) is 12.9. The van der Waals surface area contributed by atoms with Crippen molar-refractivity contribution in [2.24, 2.45) is 0 Å². The lowest BCUT2D eigenvalue weighted by atomic mass is 10.1. The van der Waals surface area contributed by atoms with Gasteiger partial charge in [-0.1, -0.05) is 12.1 Å². The number of imide groups is 1. The van der Waals surface area contributed by atoms with Crippen LogP contribution in [-0.2, 0) is 16.1 Å². The van der Waals surface area contributed by atoms with Crippen molar-refractivity contribution in [1.29, 1.82) is 0 Å². The predicted octanol–water partition coefficient (Wildman–Crippen LogP) is 0.599. The Morgan fingerprint density at radius 2 is 2.04 bits per heavy atom. The minimum atomic E-state index is -0.377. The molecule has 0 bridgehead atoms. The van der Waals surface area contributed by atoms with Gasteiger partial charge < -0.3 is 15.0 Å². The summed E-state index contributed by atoms with van der Waals surface area (Å²) in [6.45, 7) is 3.94. The normalized spacial score (nSPS) is 21.5. The number of rotatable bonds is 3. The number of benzene rings is 1. The number of urea groups is 1. The Hall–Kier alpha value is -2.41. The first kappa shape index (κ1) is 15.5. The fraction of sp³-hybridized carbons (Fsp3) is 0.438. The first-order valence-corrected chi connectivity index (χ1v) is 7.62. The third kappa shape index (κ3) is 3.34. The summed E-state index contributed by atoms with van der Waals surface area (Å²) in [6.07, 6.45) is 0.0478. The molecule has 2 aliphatic heterocycles. The highest BCUT2D eigenvalue weighted by molar-refractivity contribution is 6.01. The van der Waals surface area contributed by atoms with E-state index < -0.39 is 0 Å². The zero-order valence-electron chi connectivity index (χ0n) is 12.9. The molecule has 1 atom stereocenters. The van der Waals surface area contributed by atoms with Crippen LogP contribution in [0.2, 0.25) is 0 Å². The molecule has 3 rings (SSSR count). The van der Waals surface area contributed by atoms with Gasteiger partial charge in [0.25, 0.3) is 5.91 Å². The summed E-state index contributed by atoms with van der Waals surface area (Å²) in [5, 5.41) is 2.48. The highest BCUT2D eigenvalue weighted by Gasteiger charge is 2.28. The Kier molecular flexibility index (Phi) is 4.29. The molecule has 2 fully saturated rings. The van der Waals surface area contributed by atoms with Crippen molar-refractivity contribution in [2.75, 3.05) is 26.2 Å². The van der Waals surface area contributed by atoms with Crippen LogP contribution < -0.4 is 5.32 Å². The average Bonchev–Trinajstić information content (AvgIpc) is 2.87. The molecule has 0 spiro atoms. The number of hydrogen-bond donors (Lipinski definition) is 1. The van der Waals surface area contributed by atoms with Gasteiger partial charge in [-0.15, -0.1) is 0 Å². The SMILES string of the molecule is CC1CN(C(=O)c2ccc(CN3C(=O)CNC3=O)cc2)CCO1. The van der Waals surface area contributed by atoms with Gasteiger partial charge in [-0.2, -0.15) is 0 Å². The maximum absolute atomic E-state index is 12.4. The lowest BCUT2D eigenvalue weighted by molar-refractivity contribution is -0.125. The van der Waals surface area contributed by atoms with Gasteiger partial charge in [0, 0.05) is 18.7 Å². The van der Waals surface area contributed by atoms with E-state index in [9.17, 15) is 14.4 Å². The van der Waals surface area contributed by atoms with Crippen LogP contribution in [0.4, 0.5) is 4.79 Å². The van der Waals surface area contributed by atoms with Gasteiger partial charge in [-0.05, 0) is 24.6 Å². The number of carbonyl (C=O) groups excluding carboxylic acids is 3. The van der Waals surface area contributed by atoms with Gasteiger partial charge in [0.05, 0.1) is 25.8 Å². The fourth-order valence-electron chi connectivity index (χ4n) is 2.74. The summed E-state index contributed by atoms with van der Waals surface area (Å²) < 4.78 is 5.44. The number of nitrogens with zero attached hydrogens (tertiary/aromatic N) is 2. The molecule has 2 aliphatic rings.